The van der Waals surface area contributed by atoms with E-state index in [-0.39, 0.29) is 12.5 Å². The van der Waals surface area contributed by atoms with E-state index in [2.05, 4.69) is 11.9 Å². The standard InChI is InChI=1S/C11H19NO6/c1-3-4-17-11-8(12-6(2)14)10(16)9(15)7(5-13)18-11/h3,7-11,13,15-16H,1,4-5H2,2H3,(H,12,14)/t7?,8-,9+,10?,11+/m0/s1. The molecule has 1 heterocycles. The summed E-state index contributed by atoms with van der Waals surface area (Å²) in [5.41, 5.74) is 0. The van der Waals surface area contributed by atoms with Gasteiger partial charge in [-0.25, -0.2) is 0 Å². The molecule has 1 rings (SSSR count). The van der Waals surface area contributed by atoms with Crippen LogP contribution in [-0.2, 0) is 14.3 Å². The van der Waals surface area contributed by atoms with E-state index >= 15 is 0 Å². The molecule has 0 aromatic heterocycles. The fourth-order valence-electron chi connectivity index (χ4n) is 1.78. The first-order valence-electron chi connectivity index (χ1n) is 5.63. The summed E-state index contributed by atoms with van der Waals surface area (Å²) in [5.74, 6) is -0.385. The van der Waals surface area contributed by atoms with Gasteiger partial charge in [-0.2, -0.15) is 0 Å². The van der Waals surface area contributed by atoms with Crippen molar-refractivity contribution >= 4 is 5.91 Å². The molecule has 5 atom stereocenters. The number of aliphatic hydroxyl groups is 3. The third kappa shape index (κ3) is 3.50. The number of rotatable bonds is 5. The van der Waals surface area contributed by atoms with Crippen molar-refractivity contribution in [2.75, 3.05) is 13.2 Å². The topological polar surface area (TPSA) is 108 Å². The molecule has 1 aliphatic heterocycles. The first-order valence-corrected chi connectivity index (χ1v) is 5.63. The van der Waals surface area contributed by atoms with Crippen LogP contribution in [0.15, 0.2) is 12.7 Å². The van der Waals surface area contributed by atoms with Gasteiger partial charge in [0, 0.05) is 6.92 Å². The maximum Gasteiger partial charge on any atom is 0.217 e. The fourth-order valence-corrected chi connectivity index (χ4v) is 1.78. The van der Waals surface area contributed by atoms with Crippen LogP contribution in [0.1, 0.15) is 6.92 Å². The van der Waals surface area contributed by atoms with Gasteiger partial charge in [-0.1, -0.05) is 6.08 Å². The zero-order valence-corrected chi connectivity index (χ0v) is 10.2. The summed E-state index contributed by atoms with van der Waals surface area (Å²) in [4.78, 5) is 11.1. The number of amides is 1. The van der Waals surface area contributed by atoms with Crippen LogP contribution in [0, 0.1) is 0 Å². The second kappa shape index (κ2) is 6.81. The average Bonchev–Trinajstić information content (AvgIpc) is 2.33. The van der Waals surface area contributed by atoms with Gasteiger partial charge in [0.2, 0.25) is 5.91 Å². The van der Waals surface area contributed by atoms with Gasteiger partial charge in [0.1, 0.15) is 24.4 Å². The Balaban J connectivity index is 2.79. The van der Waals surface area contributed by atoms with Crippen molar-refractivity contribution in [3.8, 4) is 0 Å². The van der Waals surface area contributed by atoms with Crippen LogP contribution in [0.25, 0.3) is 0 Å². The Labute approximate surface area is 105 Å². The molecule has 0 aliphatic carbocycles. The van der Waals surface area contributed by atoms with Gasteiger partial charge >= 0.3 is 0 Å². The zero-order valence-electron chi connectivity index (χ0n) is 10.2. The quantitative estimate of drug-likeness (QED) is 0.432. The van der Waals surface area contributed by atoms with E-state index in [1.165, 1.54) is 13.0 Å². The molecule has 1 fully saturated rings. The minimum absolute atomic E-state index is 0.154. The van der Waals surface area contributed by atoms with Crippen LogP contribution in [0.3, 0.4) is 0 Å². The van der Waals surface area contributed by atoms with E-state index in [0.717, 1.165) is 0 Å². The molecule has 0 aromatic carbocycles. The molecule has 0 aromatic rings. The minimum Gasteiger partial charge on any atom is -0.394 e. The molecule has 0 radical (unpaired) electrons. The van der Waals surface area contributed by atoms with Crippen molar-refractivity contribution < 1.29 is 29.6 Å². The van der Waals surface area contributed by atoms with Gasteiger partial charge in [0.25, 0.3) is 0 Å². The van der Waals surface area contributed by atoms with Crippen molar-refractivity contribution in [3.63, 3.8) is 0 Å². The molecular weight excluding hydrogens is 242 g/mol. The van der Waals surface area contributed by atoms with Crippen LogP contribution in [0.5, 0.6) is 0 Å². The fraction of sp³-hybridized carbons (Fsp3) is 0.727. The summed E-state index contributed by atoms with van der Waals surface area (Å²) in [5, 5.41) is 31.1. The first kappa shape index (κ1) is 15.1. The molecule has 2 unspecified atom stereocenters. The van der Waals surface area contributed by atoms with E-state index in [4.69, 9.17) is 14.6 Å². The van der Waals surface area contributed by atoms with Crippen LogP contribution < -0.4 is 5.32 Å². The molecule has 104 valence electrons. The number of carbonyl (C=O) groups is 1. The lowest BCUT2D eigenvalue weighted by atomic mass is 9.97. The summed E-state index contributed by atoms with van der Waals surface area (Å²) in [7, 11) is 0. The Morgan fingerprint density at radius 1 is 1.50 bits per heavy atom. The Morgan fingerprint density at radius 3 is 2.67 bits per heavy atom. The molecule has 18 heavy (non-hydrogen) atoms. The highest BCUT2D eigenvalue weighted by atomic mass is 16.7. The minimum atomic E-state index is -1.30. The van der Waals surface area contributed by atoms with E-state index in [1.54, 1.807) is 0 Å². The summed E-state index contributed by atoms with van der Waals surface area (Å²) in [6, 6.07) is -0.903. The molecule has 0 saturated carbocycles. The second-order valence-electron chi connectivity index (χ2n) is 4.05. The summed E-state index contributed by atoms with van der Waals surface area (Å²) >= 11 is 0. The van der Waals surface area contributed by atoms with Crippen LogP contribution in [0.4, 0.5) is 0 Å². The van der Waals surface area contributed by atoms with Crippen molar-refractivity contribution in [2.45, 2.75) is 37.6 Å². The molecule has 1 saturated heterocycles. The lowest BCUT2D eigenvalue weighted by Gasteiger charge is -2.42. The van der Waals surface area contributed by atoms with Gasteiger partial charge in [0.15, 0.2) is 6.29 Å². The normalized spacial score (nSPS) is 36.1. The predicted molar refractivity (Wildman–Crippen MR) is 61.5 cm³/mol. The lowest BCUT2D eigenvalue weighted by Crippen LogP contribution is -2.64. The Hall–Kier alpha value is -0.990. The molecule has 1 amide bonds. The third-order valence-electron chi connectivity index (χ3n) is 2.63. The van der Waals surface area contributed by atoms with Gasteiger partial charge < -0.3 is 30.1 Å². The molecule has 7 nitrogen and oxygen atoms in total. The van der Waals surface area contributed by atoms with Crippen LogP contribution >= 0.6 is 0 Å². The predicted octanol–water partition coefficient (Wildman–Crippen LogP) is -1.87. The van der Waals surface area contributed by atoms with Gasteiger partial charge in [-0.15, -0.1) is 6.58 Å². The Bertz CT molecular complexity index is 297. The number of aliphatic hydroxyl groups excluding tert-OH is 3. The van der Waals surface area contributed by atoms with Gasteiger partial charge in [0.05, 0.1) is 13.2 Å². The van der Waals surface area contributed by atoms with Gasteiger partial charge in [-0.05, 0) is 0 Å². The van der Waals surface area contributed by atoms with Crippen LogP contribution in [0.2, 0.25) is 0 Å². The lowest BCUT2D eigenvalue weighted by molar-refractivity contribution is -0.267. The largest absolute Gasteiger partial charge is 0.394 e. The SMILES string of the molecule is C=CCO[C@@H]1OC(CO)[C@@H](O)C(O)[C@@H]1NC(C)=O. The maximum absolute atomic E-state index is 11.1. The summed E-state index contributed by atoms with van der Waals surface area (Å²) < 4.78 is 10.5. The van der Waals surface area contributed by atoms with Crippen molar-refractivity contribution in [1.29, 1.82) is 0 Å². The first-order chi connectivity index (χ1) is 8.51. The molecule has 0 spiro atoms. The molecular formula is C11H19NO6. The number of carbonyl (C=O) groups excluding carboxylic acids is 1. The smallest absolute Gasteiger partial charge is 0.217 e. The number of hydrogen-bond acceptors (Lipinski definition) is 6. The Kier molecular flexibility index (Phi) is 5.70. The highest BCUT2D eigenvalue weighted by Crippen LogP contribution is 2.22. The molecule has 1 aliphatic rings. The maximum atomic E-state index is 11.1. The van der Waals surface area contributed by atoms with Crippen molar-refractivity contribution in [3.05, 3.63) is 12.7 Å². The number of ether oxygens (including phenoxy) is 2. The van der Waals surface area contributed by atoms with E-state index in [1.807, 2.05) is 0 Å². The molecule has 7 heteroatoms. The number of hydrogen-bond donors (Lipinski definition) is 4. The van der Waals surface area contributed by atoms with Gasteiger partial charge in [-0.3, -0.25) is 4.79 Å². The molecule has 4 N–H and O–H groups in total. The van der Waals surface area contributed by atoms with Crippen molar-refractivity contribution in [1.82, 2.24) is 5.32 Å². The summed E-state index contributed by atoms with van der Waals surface area (Å²) in [6.07, 6.45) is -3.01. The van der Waals surface area contributed by atoms with E-state index < -0.39 is 37.3 Å². The average molecular weight is 261 g/mol. The zero-order chi connectivity index (χ0) is 13.7. The van der Waals surface area contributed by atoms with Crippen molar-refractivity contribution in [2.24, 2.45) is 0 Å². The van der Waals surface area contributed by atoms with E-state index in [9.17, 15) is 15.0 Å². The van der Waals surface area contributed by atoms with E-state index in [0.29, 0.717) is 0 Å². The third-order valence-corrected chi connectivity index (χ3v) is 2.63. The summed E-state index contributed by atoms with van der Waals surface area (Å²) in [6.45, 7) is 4.45. The second-order valence-corrected chi connectivity index (χ2v) is 4.05. The van der Waals surface area contributed by atoms with Crippen LogP contribution in [-0.4, -0.2) is 65.1 Å². The molecule has 0 bridgehead atoms. The highest BCUT2D eigenvalue weighted by molar-refractivity contribution is 5.73. The number of nitrogens with one attached hydrogen (secondary N) is 1. The Morgan fingerprint density at radius 2 is 2.17 bits per heavy atom. The highest BCUT2D eigenvalue weighted by Gasteiger charge is 2.45. The monoisotopic (exact) mass is 261 g/mol.